The van der Waals surface area contributed by atoms with Crippen LogP contribution in [0.25, 0.3) is 0 Å². The van der Waals surface area contributed by atoms with Gasteiger partial charge in [0.05, 0.1) is 12.6 Å². The molecule has 1 aliphatic rings. The van der Waals surface area contributed by atoms with Gasteiger partial charge < -0.3 is 15.0 Å². The van der Waals surface area contributed by atoms with Gasteiger partial charge in [0.25, 0.3) is 0 Å². The Bertz CT molecular complexity index is 283. The summed E-state index contributed by atoms with van der Waals surface area (Å²) in [5.74, 6) is 0.170. The van der Waals surface area contributed by atoms with Crippen LogP contribution < -0.4 is 5.32 Å². The number of amides is 1. The minimum atomic E-state index is 0. The summed E-state index contributed by atoms with van der Waals surface area (Å²) in [4.78, 5) is 13.9. The highest BCUT2D eigenvalue weighted by atomic mass is 35.5. The molecule has 2 atom stereocenters. The second kappa shape index (κ2) is 8.08. The van der Waals surface area contributed by atoms with Crippen molar-refractivity contribution >= 4 is 18.3 Å². The monoisotopic (exact) mass is 292 g/mol. The zero-order chi connectivity index (χ0) is 13.8. The summed E-state index contributed by atoms with van der Waals surface area (Å²) >= 11 is 0. The molecule has 0 aromatic carbocycles. The summed E-state index contributed by atoms with van der Waals surface area (Å²) < 4.78 is 5.84. The van der Waals surface area contributed by atoms with Crippen molar-refractivity contribution in [3.63, 3.8) is 0 Å². The maximum Gasteiger partial charge on any atom is 0.236 e. The molecule has 2 unspecified atom stereocenters. The first-order valence-corrected chi connectivity index (χ1v) is 7.09. The lowest BCUT2D eigenvalue weighted by Crippen LogP contribution is -2.65. The molecular weight excluding hydrogens is 264 g/mol. The van der Waals surface area contributed by atoms with Gasteiger partial charge in [-0.3, -0.25) is 4.79 Å². The van der Waals surface area contributed by atoms with Crippen molar-refractivity contribution in [3.8, 4) is 0 Å². The van der Waals surface area contributed by atoms with E-state index in [0.717, 1.165) is 25.9 Å². The summed E-state index contributed by atoms with van der Waals surface area (Å²) in [5, 5.41) is 2.93. The van der Waals surface area contributed by atoms with Crippen molar-refractivity contribution in [1.82, 2.24) is 10.2 Å². The molecule has 0 radical (unpaired) electrons. The lowest BCUT2D eigenvalue weighted by atomic mass is 9.58. The molecule has 1 saturated carbocycles. The van der Waals surface area contributed by atoms with Crippen LogP contribution in [0.1, 0.15) is 40.0 Å². The van der Waals surface area contributed by atoms with Crippen LogP contribution in [0.4, 0.5) is 0 Å². The Hall–Kier alpha value is -0.320. The number of carbonyl (C=O) groups is 1. The molecule has 1 aliphatic carbocycles. The van der Waals surface area contributed by atoms with Crippen molar-refractivity contribution in [2.45, 2.75) is 52.2 Å². The predicted octanol–water partition coefficient (Wildman–Crippen LogP) is 2.07. The van der Waals surface area contributed by atoms with E-state index in [4.69, 9.17) is 4.74 Å². The molecule has 0 aromatic rings. The average Bonchev–Trinajstić information content (AvgIpc) is 2.35. The fourth-order valence-corrected chi connectivity index (χ4v) is 3.33. The summed E-state index contributed by atoms with van der Waals surface area (Å²) in [6, 6.07) is 0.324. The highest BCUT2D eigenvalue weighted by Crippen LogP contribution is 2.51. The zero-order valence-electron chi connectivity index (χ0n) is 12.9. The minimum Gasteiger partial charge on any atom is -0.378 e. The molecule has 0 bridgehead atoms. The van der Waals surface area contributed by atoms with Crippen LogP contribution in [0.3, 0.4) is 0 Å². The number of nitrogens with one attached hydrogen (secondary N) is 1. The first-order valence-electron chi connectivity index (χ1n) is 7.09. The molecule has 0 aliphatic heterocycles. The van der Waals surface area contributed by atoms with Crippen LogP contribution in [0.5, 0.6) is 0 Å². The van der Waals surface area contributed by atoms with Gasteiger partial charge in [0.2, 0.25) is 5.91 Å². The summed E-state index contributed by atoms with van der Waals surface area (Å²) in [5.41, 5.74) is 0.147. The van der Waals surface area contributed by atoms with Crippen molar-refractivity contribution in [3.05, 3.63) is 0 Å². The number of rotatable bonds is 7. The molecule has 19 heavy (non-hydrogen) atoms. The number of carbonyl (C=O) groups excluding carboxylic acids is 1. The van der Waals surface area contributed by atoms with Gasteiger partial charge in [-0.25, -0.2) is 0 Å². The fraction of sp³-hybridized carbons (Fsp3) is 0.929. The highest BCUT2D eigenvalue weighted by molar-refractivity contribution is 5.85. The van der Waals surface area contributed by atoms with Crippen LogP contribution >= 0.6 is 12.4 Å². The molecule has 0 aromatic heterocycles. The number of halogens is 1. The van der Waals surface area contributed by atoms with Gasteiger partial charge in [0, 0.05) is 25.1 Å². The lowest BCUT2D eigenvalue weighted by Gasteiger charge is -2.58. The maximum atomic E-state index is 12.0. The summed E-state index contributed by atoms with van der Waals surface area (Å²) in [6.45, 7) is 7.62. The normalized spacial score (nSPS) is 24.3. The largest absolute Gasteiger partial charge is 0.378 e. The third kappa shape index (κ3) is 3.41. The smallest absolute Gasteiger partial charge is 0.236 e. The molecule has 114 valence electrons. The number of nitrogens with zero attached hydrogens (tertiary/aromatic N) is 1. The summed E-state index contributed by atoms with van der Waals surface area (Å²) in [7, 11) is 3.73. The number of hydrogen-bond acceptors (Lipinski definition) is 3. The van der Waals surface area contributed by atoms with Crippen molar-refractivity contribution in [2.24, 2.45) is 5.41 Å². The van der Waals surface area contributed by atoms with Gasteiger partial charge in [-0.05, 0) is 33.2 Å². The second-order valence-corrected chi connectivity index (χ2v) is 5.17. The zero-order valence-corrected chi connectivity index (χ0v) is 13.7. The standard InChI is InChI=1S/C14H28N2O2.ClH/c1-6-14(7-2)11(9-12(14)18-8-3)16(5)13(17)10-15-4;/h11-12,15H,6-10H2,1-5H3;1H. The Kier molecular flexibility index (Phi) is 7.94. The third-order valence-corrected chi connectivity index (χ3v) is 4.62. The molecule has 0 heterocycles. The SMILES string of the molecule is CCOC1CC(N(C)C(=O)CNC)C1(CC)CC.Cl. The Morgan fingerprint density at radius 2 is 1.95 bits per heavy atom. The van der Waals surface area contributed by atoms with E-state index in [1.165, 1.54) is 0 Å². The van der Waals surface area contributed by atoms with Crippen LogP contribution in [-0.2, 0) is 9.53 Å². The second-order valence-electron chi connectivity index (χ2n) is 5.17. The minimum absolute atomic E-state index is 0. The molecule has 1 amide bonds. The lowest BCUT2D eigenvalue weighted by molar-refractivity contribution is -0.176. The van der Waals surface area contributed by atoms with E-state index in [2.05, 4.69) is 19.2 Å². The molecule has 4 nitrogen and oxygen atoms in total. The number of ether oxygens (including phenoxy) is 1. The van der Waals surface area contributed by atoms with E-state index in [0.29, 0.717) is 18.7 Å². The van der Waals surface area contributed by atoms with Crippen LogP contribution in [0, 0.1) is 5.41 Å². The van der Waals surface area contributed by atoms with Crippen LogP contribution in [-0.4, -0.2) is 50.2 Å². The van der Waals surface area contributed by atoms with E-state index < -0.39 is 0 Å². The molecular formula is C14H29ClN2O2. The fourth-order valence-electron chi connectivity index (χ4n) is 3.33. The van der Waals surface area contributed by atoms with E-state index in [-0.39, 0.29) is 23.7 Å². The highest BCUT2D eigenvalue weighted by Gasteiger charge is 2.55. The first-order chi connectivity index (χ1) is 8.57. The van der Waals surface area contributed by atoms with Gasteiger partial charge in [-0.2, -0.15) is 0 Å². The van der Waals surface area contributed by atoms with Gasteiger partial charge in [-0.1, -0.05) is 13.8 Å². The molecule has 5 heteroatoms. The Morgan fingerprint density at radius 1 is 1.37 bits per heavy atom. The van der Waals surface area contributed by atoms with E-state index in [9.17, 15) is 4.79 Å². The first kappa shape index (κ1) is 18.7. The quantitative estimate of drug-likeness (QED) is 0.781. The molecule has 1 N–H and O–H groups in total. The third-order valence-electron chi connectivity index (χ3n) is 4.62. The Balaban J connectivity index is 0.00000324. The van der Waals surface area contributed by atoms with Gasteiger partial charge in [0.1, 0.15) is 0 Å². The molecule has 0 saturated heterocycles. The van der Waals surface area contributed by atoms with E-state index >= 15 is 0 Å². The molecule has 1 rings (SSSR count). The molecule has 0 spiro atoms. The number of hydrogen-bond donors (Lipinski definition) is 1. The maximum absolute atomic E-state index is 12.0. The van der Waals surface area contributed by atoms with Gasteiger partial charge in [0.15, 0.2) is 0 Å². The topological polar surface area (TPSA) is 41.6 Å². The van der Waals surface area contributed by atoms with Crippen molar-refractivity contribution < 1.29 is 9.53 Å². The Morgan fingerprint density at radius 3 is 2.37 bits per heavy atom. The van der Waals surface area contributed by atoms with Crippen molar-refractivity contribution in [2.75, 3.05) is 27.2 Å². The average molecular weight is 293 g/mol. The Labute approximate surface area is 123 Å². The van der Waals surface area contributed by atoms with E-state index in [1.807, 2.05) is 25.9 Å². The molecule has 1 fully saturated rings. The van der Waals surface area contributed by atoms with Gasteiger partial charge in [-0.15, -0.1) is 12.4 Å². The van der Waals surface area contributed by atoms with Crippen LogP contribution in [0.15, 0.2) is 0 Å². The van der Waals surface area contributed by atoms with Gasteiger partial charge >= 0.3 is 0 Å². The van der Waals surface area contributed by atoms with E-state index in [1.54, 1.807) is 0 Å². The number of likely N-dealkylation sites (N-methyl/N-ethyl adjacent to an activating group) is 2. The predicted molar refractivity (Wildman–Crippen MR) is 80.8 cm³/mol. The van der Waals surface area contributed by atoms with Crippen LogP contribution in [0.2, 0.25) is 0 Å². The van der Waals surface area contributed by atoms with Crippen molar-refractivity contribution in [1.29, 1.82) is 0 Å². The summed E-state index contributed by atoms with van der Waals surface area (Å²) in [6.07, 6.45) is 3.42.